The molecule has 0 saturated carbocycles. The quantitative estimate of drug-likeness (QED) is 0.446. The van der Waals surface area contributed by atoms with Crippen LogP contribution in [-0.4, -0.2) is 17.3 Å². The summed E-state index contributed by atoms with van der Waals surface area (Å²) in [6, 6.07) is 18.1. The average Bonchev–Trinajstić information content (AvgIpc) is 3.25. The SMILES string of the molecule is COc1ccccc1-c1nc(-c2cccc(OCc3ccc(F)c(F)c3)c2)no1. The molecule has 0 aliphatic heterocycles. The van der Waals surface area contributed by atoms with E-state index in [1.165, 1.54) is 6.07 Å². The number of halogens is 2. The number of benzene rings is 3. The van der Waals surface area contributed by atoms with Crippen molar-refractivity contribution in [1.29, 1.82) is 0 Å². The minimum absolute atomic E-state index is 0.0966. The maximum absolute atomic E-state index is 13.3. The van der Waals surface area contributed by atoms with Crippen LogP contribution >= 0.6 is 0 Å². The summed E-state index contributed by atoms with van der Waals surface area (Å²) < 4.78 is 42.7. The third kappa shape index (κ3) is 4.08. The first-order valence-corrected chi connectivity index (χ1v) is 8.78. The fraction of sp³-hybridized carbons (Fsp3) is 0.0909. The molecule has 146 valence electrons. The van der Waals surface area contributed by atoms with Gasteiger partial charge in [0.1, 0.15) is 18.1 Å². The Morgan fingerprint density at radius 3 is 2.62 bits per heavy atom. The van der Waals surface area contributed by atoms with Crippen molar-refractivity contribution >= 4 is 0 Å². The Kier molecular flexibility index (Phi) is 5.20. The summed E-state index contributed by atoms with van der Waals surface area (Å²) in [7, 11) is 1.57. The van der Waals surface area contributed by atoms with Crippen LogP contribution < -0.4 is 9.47 Å². The van der Waals surface area contributed by atoms with E-state index in [-0.39, 0.29) is 6.61 Å². The average molecular weight is 394 g/mol. The molecule has 5 nitrogen and oxygen atoms in total. The van der Waals surface area contributed by atoms with Gasteiger partial charge in [0.15, 0.2) is 11.6 Å². The van der Waals surface area contributed by atoms with Gasteiger partial charge in [-0.15, -0.1) is 0 Å². The molecular formula is C22H16F2N2O3. The van der Waals surface area contributed by atoms with Crippen LogP contribution in [0, 0.1) is 11.6 Å². The predicted molar refractivity (Wildman–Crippen MR) is 102 cm³/mol. The molecule has 0 aliphatic carbocycles. The first-order valence-electron chi connectivity index (χ1n) is 8.78. The molecule has 1 heterocycles. The fourth-order valence-corrected chi connectivity index (χ4v) is 2.79. The molecule has 0 N–H and O–H groups in total. The lowest BCUT2D eigenvalue weighted by Gasteiger charge is -2.07. The second-order valence-corrected chi connectivity index (χ2v) is 6.19. The summed E-state index contributed by atoms with van der Waals surface area (Å²) in [5, 5.41) is 4.03. The van der Waals surface area contributed by atoms with Gasteiger partial charge in [0.05, 0.1) is 12.7 Å². The van der Waals surface area contributed by atoms with Crippen LogP contribution in [0.2, 0.25) is 0 Å². The maximum Gasteiger partial charge on any atom is 0.262 e. The molecule has 0 saturated heterocycles. The Hall–Kier alpha value is -3.74. The normalized spacial score (nSPS) is 10.7. The zero-order valence-corrected chi connectivity index (χ0v) is 15.4. The predicted octanol–water partition coefficient (Wildman–Crippen LogP) is 5.27. The molecular weight excluding hydrogens is 378 g/mol. The molecule has 0 spiro atoms. The van der Waals surface area contributed by atoms with Gasteiger partial charge in [0.25, 0.3) is 5.89 Å². The zero-order chi connectivity index (χ0) is 20.2. The summed E-state index contributed by atoms with van der Waals surface area (Å²) in [5.41, 5.74) is 1.91. The van der Waals surface area contributed by atoms with Crippen molar-refractivity contribution < 1.29 is 22.8 Å². The molecule has 0 amide bonds. The lowest BCUT2D eigenvalue weighted by molar-refractivity contribution is 0.305. The molecule has 0 unspecified atom stereocenters. The largest absolute Gasteiger partial charge is 0.496 e. The first kappa shape index (κ1) is 18.6. The molecule has 7 heteroatoms. The molecule has 0 bridgehead atoms. The van der Waals surface area contributed by atoms with E-state index in [4.69, 9.17) is 14.0 Å². The number of hydrogen-bond acceptors (Lipinski definition) is 5. The minimum Gasteiger partial charge on any atom is -0.496 e. The minimum atomic E-state index is -0.907. The molecule has 29 heavy (non-hydrogen) atoms. The highest BCUT2D eigenvalue weighted by Crippen LogP contribution is 2.30. The molecule has 4 aromatic rings. The van der Waals surface area contributed by atoms with Gasteiger partial charge in [-0.05, 0) is 42.0 Å². The topological polar surface area (TPSA) is 57.4 Å². The lowest BCUT2D eigenvalue weighted by Crippen LogP contribution is -1.97. The van der Waals surface area contributed by atoms with Crippen LogP contribution in [0.3, 0.4) is 0 Å². The highest BCUT2D eigenvalue weighted by atomic mass is 19.2. The van der Waals surface area contributed by atoms with E-state index in [0.717, 1.165) is 12.1 Å². The van der Waals surface area contributed by atoms with Crippen LogP contribution in [0.1, 0.15) is 5.56 Å². The van der Waals surface area contributed by atoms with Gasteiger partial charge in [-0.2, -0.15) is 4.98 Å². The van der Waals surface area contributed by atoms with Gasteiger partial charge >= 0.3 is 0 Å². The van der Waals surface area contributed by atoms with E-state index in [2.05, 4.69) is 10.1 Å². The van der Waals surface area contributed by atoms with E-state index in [1.807, 2.05) is 30.3 Å². The smallest absolute Gasteiger partial charge is 0.262 e. The number of nitrogens with zero attached hydrogens (tertiary/aromatic N) is 2. The van der Waals surface area contributed by atoms with Crippen molar-refractivity contribution in [2.45, 2.75) is 6.61 Å². The maximum atomic E-state index is 13.3. The molecule has 3 aromatic carbocycles. The van der Waals surface area contributed by atoms with E-state index in [9.17, 15) is 8.78 Å². The van der Waals surface area contributed by atoms with E-state index in [0.29, 0.717) is 39.9 Å². The molecule has 0 aliphatic rings. The highest BCUT2D eigenvalue weighted by molar-refractivity contribution is 5.65. The van der Waals surface area contributed by atoms with Gasteiger partial charge in [0, 0.05) is 5.56 Å². The summed E-state index contributed by atoms with van der Waals surface area (Å²) in [6.07, 6.45) is 0. The Morgan fingerprint density at radius 2 is 1.79 bits per heavy atom. The van der Waals surface area contributed by atoms with Crippen LogP contribution in [0.5, 0.6) is 11.5 Å². The number of para-hydroxylation sites is 1. The van der Waals surface area contributed by atoms with Crippen LogP contribution in [-0.2, 0) is 6.61 Å². The molecule has 0 atom stereocenters. The zero-order valence-electron chi connectivity index (χ0n) is 15.4. The van der Waals surface area contributed by atoms with Crippen molar-refractivity contribution in [2.75, 3.05) is 7.11 Å². The van der Waals surface area contributed by atoms with Crippen molar-refractivity contribution in [3.63, 3.8) is 0 Å². The monoisotopic (exact) mass is 394 g/mol. The van der Waals surface area contributed by atoms with E-state index >= 15 is 0 Å². The van der Waals surface area contributed by atoms with Crippen molar-refractivity contribution in [3.05, 3.63) is 83.9 Å². The summed E-state index contributed by atoms with van der Waals surface area (Å²) in [6.45, 7) is 0.0966. The Morgan fingerprint density at radius 1 is 0.931 bits per heavy atom. The van der Waals surface area contributed by atoms with Gasteiger partial charge in [-0.1, -0.05) is 35.5 Å². The number of hydrogen-bond donors (Lipinski definition) is 0. The van der Waals surface area contributed by atoms with Crippen LogP contribution in [0.25, 0.3) is 22.8 Å². The Bertz CT molecular complexity index is 1140. The molecule has 0 fully saturated rings. The number of ether oxygens (including phenoxy) is 2. The van der Waals surface area contributed by atoms with Crippen molar-refractivity contribution in [1.82, 2.24) is 10.1 Å². The molecule has 1 aromatic heterocycles. The van der Waals surface area contributed by atoms with Gasteiger partial charge in [-0.3, -0.25) is 0 Å². The first-order chi connectivity index (χ1) is 14.1. The lowest BCUT2D eigenvalue weighted by atomic mass is 10.2. The van der Waals surface area contributed by atoms with E-state index in [1.54, 1.807) is 25.3 Å². The summed E-state index contributed by atoms with van der Waals surface area (Å²) >= 11 is 0. The van der Waals surface area contributed by atoms with Crippen molar-refractivity contribution in [3.8, 4) is 34.3 Å². The van der Waals surface area contributed by atoms with Gasteiger partial charge in [0.2, 0.25) is 5.82 Å². The van der Waals surface area contributed by atoms with Gasteiger partial charge < -0.3 is 14.0 Å². The third-order valence-electron chi connectivity index (χ3n) is 4.25. The summed E-state index contributed by atoms with van der Waals surface area (Å²) in [4.78, 5) is 4.44. The number of methoxy groups -OCH3 is 1. The van der Waals surface area contributed by atoms with E-state index < -0.39 is 11.6 Å². The van der Waals surface area contributed by atoms with Crippen molar-refractivity contribution in [2.24, 2.45) is 0 Å². The summed E-state index contributed by atoms with van der Waals surface area (Å²) in [5.74, 6) is 0.103. The van der Waals surface area contributed by atoms with Crippen LogP contribution in [0.4, 0.5) is 8.78 Å². The second-order valence-electron chi connectivity index (χ2n) is 6.19. The number of aromatic nitrogens is 2. The highest BCUT2D eigenvalue weighted by Gasteiger charge is 2.14. The van der Waals surface area contributed by atoms with Gasteiger partial charge in [-0.25, -0.2) is 8.78 Å². The Labute approximate surface area is 165 Å². The second kappa shape index (κ2) is 8.10. The Balaban J connectivity index is 1.53. The number of rotatable bonds is 6. The fourth-order valence-electron chi connectivity index (χ4n) is 2.79. The molecule has 0 radical (unpaired) electrons. The van der Waals surface area contributed by atoms with Crippen LogP contribution in [0.15, 0.2) is 71.3 Å². The third-order valence-corrected chi connectivity index (χ3v) is 4.25. The standard InChI is InChI=1S/C22H16F2N2O3/c1-27-20-8-3-2-7-17(20)22-25-21(26-29-22)15-5-4-6-16(12-15)28-13-14-9-10-18(23)19(24)11-14/h2-12H,13H2,1H3. The molecule has 4 rings (SSSR count).